The number of hydrogen-bond acceptors (Lipinski definition) is 4. The van der Waals surface area contributed by atoms with Crippen molar-refractivity contribution >= 4 is 11.6 Å². The van der Waals surface area contributed by atoms with Gasteiger partial charge in [0, 0.05) is 30.3 Å². The van der Waals surface area contributed by atoms with Gasteiger partial charge in [-0.1, -0.05) is 36.4 Å². The van der Waals surface area contributed by atoms with E-state index in [-0.39, 0.29) is 29.7 Å². The summed E-state index contributed by atoms with van der Waals surface area (Å²) in [7, 11) is 0. The second-order valence-corrected chi connectivity index (χ2v) is 5.92. The number of nitrogens with zero attached hydrogens (tertiary/aromatic N) is 1. The third kappa shape index (κ3) is 5.12. The predicted octanol–water partition coefficient (Wildman–Crippen LogP) is 3.19. The minimum atomic E-state index is -0.487. The first kappa shape index (κ1) is 18.6. The molecule has 25 heavy (non-hydrogen) atoms. The number of nitro benzene ring substituents is 1. The van der Waals surface area contributed by atoms with E-state index in [1.807, 2.05) is 30.3 Å². The maximum absolute atomic E-state index is 12.2. The lowest BCUT2D eigenvalue weighted by Gasteiger charge is -2.16. The number of nitrogens with one attached hydrogen (secondary N) is 1. The second kappa shape index (κ2) is 8.94. The SMILES string of the molecule is Cc1ccc(C(=O)NCCC(CCO)c2ccccc2)cc1[N+](=O)[O-]. The number of carbonyl (C=O) groups excluding carboxylic acids is 1. The number of aliphatic hydroxyl groups is 1. The van der Waals surface area contributed by atoms with Crippen LogP contribution in [-0.2, 0) is 0 Å². The van der Waals surface area contributed by atoms with Gasteiger partial charge < -0.3 is 10.4 Å². The van der Waals surface area contributed by atoms with Gasteiger partial charge in [-0.3, -0.25) is 14.9 Å². The molecule has 1 unspecified atom stereocenters. The molecule has 2 rings (SSSR count). The smallest absolute Gasteiger partial charge is 0.273 e. The molecule has 0 fully saturated rings. The molecule has 2 aromatic rings. The standard InChI is InChI=1S/C19H22N2O4/c1-14-7-8-17(13-18(14)21(24)25)19(23)20-11-9-16(10-12-22)15-5-3-2-4-6-15/h2-8,13,16,22H,9-12H2,1H3,(H,20,23). The van der Waals surface area contributed by atoms with E-state index in [0.717, 1.165) is 5.56 Å². The Morgan fingerprint density at radius 3 is 2.56 bits per heavy atom. The maximum atomic E-state index is 12.2. The van der Waals surface area contributed by atoms with E-state index in [1.165, 1.54) is 6.07 Å². The van der Waals surface area contributed by atoms with Gasteiger partial charge in [0.25, 0.3) is 11.6 Å². The average molecular weight is 342 g/mol. The Morgan fingerprint density at radius 1 is 1.20 bits per heavy atom. The summed E-state index contributed by atoms with van der Waals surface area (Å²) < 4.78 is 0. The lowest BCUT2D eigenvalue weighted by Crippen LogP contribution is -2.26. The highest BCUT2D eigenvalue weighted by Gasteiger charge is 2.16. The van der Waals surface area contributed by atoms with E-state index in [2.05, 4.69) is 5.32 Å². The minimum Gasteiger partial charge on any atom is -0.396 e. The highest BCUT2D eigenvalue weighted by Crippen LogP contribution is 2.23. The zero-order chi connectivity index (χ0) is 18.2. The predicted molar refractivity (Wildman–Crippen MR) is 95.7 cm³/mol. The second-order valence-electron chi connectivity index (χ2n) is 5.92. The zero-order valence-electron chi connectivity index (χ0n) is 14.1. The van der Waals surface area contributed by atoms with E-state index in [1.54, 1.807) is 19.1 Å². The molecule has 0 aromatic heterocycles. The van der Waals surface area contributed by atoms with Gasteiger partial charge in [0.05, 0.1) is 4.92 Å². The van der Waals surface area contributed by atoms with Crippen LogP contribution in [0.3, 0.4) is 0 Å². The van der Waals surface area contributed by atoms with Crippen LogP contribution in [0, 0.1) is 17.0 Å². The summed E-state index contributed by atoms with van der Waals surface area (Å²) in [5.41, 5.74) is 1.86. The van der Waals surface area contributed by atoms with Crippen molar-refractivity contribution in [2.45, 2.75) is 25.7 Å². The molecule has 0 saturated carbocycles. The lowest BCUT2D eigenvalue weighted by atomic mass is 9.93. The fraction of sp³-hybridized carbons (Fsp3) is 0.316. The van der Waals surface area contributed by atoms with Gasteiger partial charge in [-0.2, -0.15) is 0 Å². The molecule has 0 aliphatic heterocycles. The van der Waals surface area contributed by atoms with Crippen LogP contribution in [0.1, 0.15) is 40.2 Å². The molecule has 1 amide bonds. The molecule has 6 nitrogen and oxygen atoms in total. The van der Waals surface area contributed by atoms with Crippen molar-refractivity contribution in [2.24, 2.45) is 0 Å². The molecular formula is C19H22N2O4. The molecule has 132 valence electrons. The quantitative estimate of drug-likeness (QED) is 0.569. The molecule has 0 heterocycles. The van der Waals surface area contributed by atoms with Crippen molar-refractivity contribution in [3.63, 3.8) is 0 Å². The van der Waals surface area contributed by atoms with E-state index in [9.17, 15) is 20.0 Å². The van der Waals surface area contributed by atoms with Crippen LogP contribution in [0.5, 0.6) is 0 Å². The Hall–Kier alpha value is -2.73. The van der Waals surface area contributed by atoms with Crippen LogP contribution >= 0.6 is 0 Å². The van der Waals surface area contributed by atoms with Crippen molar-refractivity contribution in [1.82, 2.24) is 5.32 Å². The summed E-state index contributed by atoms with van der Waals surface area (Å²) in [5, 5.41) is 23.0. The third-order valence-electron chi connectivity index (χ3n) is 4.19. The summed E-state index contributed by atoms with van der Waals surface area (Å²) in [5.74, 6) is -0.183. The van der Waals surface area contributed by atoms with Crippen LogP contribution in [0.15, 0.2) is 48.5 Å². The molecular weight excluding hydrogens is 320 g/mol. The topological polar surface area (TPSA) is 92.5 Å². The maximum Gasteiger partial charge on any atom is 0.273 e. The van der Waals surface area contributed by atoms with Gasteiger partial charge in [0.1, 0.15) is 0 Å². The van der Waals surface area contributed by atoms with Gasteiger partial charge in [-0.25, -0.2) is 0 Å². The Morgan fingerprint density at radius 2 is 1.92 bits per heavy atom. The average Bonchev–Trinajstić information content (AvgIpc) is 2.61. The molecule has 0 aliphatic carbocycles. The van der Waals surface area contributed by atoms with Crippen molar-refractivity contribution in [2.75, 3.05) is 13.2 Å². The number of amides is 1. The van der Waals surface area contributed by atoms with E-state index in [0.29, 0.717) is 24.9 Å². The van der Waals surface area contributed by atoms with E-state index in [4.69, 9.17) is 0 Å². The molecule has 6 heteroatoms. The van der Waals surface area contributed by atoms with Crippen molar-refractivity contribution in [3.05, 3.63) is 75.3 Å². The van der Waals surface area contributed by atoms with Gasteiger partial charge in [-0.15, -0.1) is 0 Å². The summed E-state index contributed by atoms with van der Waals surface area (Å²) >= 11 is 0. The number of carbonyl (C=O) groups is 1. The Kier molecular flexibility index (Phi) is 6.65. The Balaban J connectivity index is 1.97. The van der Waals surface area contributed by atoms with Gasteiger partial charge in [0.15, 0.2) is 0 Å². The van der Waals surface area contributed by atoms with Crippen LogP contribution in [0.2, 0.25) is 0 Å². The summed E-state index contributed by atoms with van der Waals surface area (Å²) in [6, 6.07) is 14.3. The van der Waals surface area contributed by atoms with E-state index < -0.39 is 4.92 Å². The highest BCUT2D eigenvalue weighted by atomic mass is 16.6. The van der Waals surface area contributed by atoms with Gasteiger partial charge >= 0.3 is 0 Å². The summed E-state index contributed by atoms with van der Waals surface area (Å²) in [6.45, 7) is 2.15. The number of aliphatic hydroxyl groups excluding tert-OH is 1. The van der Waals surface area contributed by atoms with Crippen LogP contribution < -0.4 is 5.32 Å². The van der Waals surface area contributed by atoms with Crippen LogP contribution in [-0.4, -0.2) is 29.1 Å². The zero-order valence-corrected chi connectivity index (χ0v) is 14.1. The molecule has 1 atom stereocenters. The largest absolute Gasteiger partial charge is 0.396 e. The molecule has 0 radical (unpaired) electrons. The number of aryl methyl sites for hydroxylation is 1. The van der Waals surface area contributed by atoms with Gasteiger partial charge in [0.2, 0.25) is 0 Å². The van der Waals surface area contributed by atoms with Crippen LogP contribution in [0.4, 0.5) is 5.69 Å². The van der Waals surface area contributed by atoms with Gasteiger partial charge in [-0.05, 0) is 37.3 Å². The first-order chi connectivity index (χ1) is 12.0. The first-order valence-electron chi connectivity index (χ1n) is 8.22. The molecule has 0 saturated heterocycles. The van der Waals surface area contributed by atoms with Crippen LogP contribution in [0.25, 0.3) is 0 Å². The summed E-state index contributed by atoms with van der Waals surface area (Å²) in [6.07, 6.45) is 1.31. The molecule has 0 spiro atoms. The number of benzene rings is 2. The van der Waals surface area contributed by atoms with Crippen molar-refractivity contribution in [3.8, 4) is 0 Å². The Bertz CT molecular complexity index is 731. The minimum absolute atomic E-state index is 0.0601. The lowest BCUT2D eigenvalue weighted by molar-refractivity contribution is -0.385. The first-order valence-corrected chi connectivity index (χ1v) is 8.22. The van der Waals surface area contributed by atoms with Crippen molar-refractivity contribution in [1.29, 1.82) is 0 Å². The normalized spacial score (nSPS) is 11.8. The fourth-order valence-electron chi connectivity index (χ4n) is 2.77. The molecule has 0 aliphatic rings. The highest BCUT2D eigenvalue weighted by molar-refractivity contribution is 5.94. The monoisotopic (exact) mass is 342 g/mol. The Labute approximate surface area is 146 Å². The number of nitro groups is 1. The third-order valence-corrected chi connectivity index (χ3v) is 4.19. The molecule has 0 bridgehead atoms. The van der Waals surface area contributed by atoms with Crippen molar-refractivity contribution < 1.29 is 14.8 Å². The summed E-state index contributed by atoms with van der Waals surface area (Å²) in [4.78, 5) is 22.7. The molecule has 2 aromatic carbocycles. The molecule has 2 N–H and O–H groups in total. The number of hydrogen-bond donors (Lipinski definition) is 2. The number of rotatable bonds is 8. The fourth-order valence-corrected chi connectivity index (χ4v) is 2.77. The van der Waals surface area contributed by atoms with E-state index >= 15 is 0 Å².